The van der Waals surface area contributed by atoms with E-state index in [1.54, 1.807) is 6.42 Å². The molecule has 2 bridgehead atoms. The van der Waals surface area contributed by atoms with Gasteiger partial charge in [-0.25, -0.2) is 0 Å². The fraction of sp³-hybridized carbons (Fsp3) is 0.571. The molecule has 30 heavy (non-hydrogen) atoms. The van der Waals surface area contributed by atoms with Crippen LogP contribution in [0, 0.1) is 17.3 Å². The Kier molecular flexibility index (Phi) is 8.96. The van der Waals surface area contributed by atoms with Crippen LogP contribution >= 0.6 is 0 Å². The van der Waals surface area contributed by atoms with Gasteiger partial charge in [-0.05, 0) is 67.2 Å². The number of hydrogen-bond acceptors (Lipinski definition) is 2. The van der Waals surface area contributed by atoms with Crippen LogP contribution in [-0.2, 0) is 0 Å². The van der Waals surface area contributed by atoms with Crippen molar-refractivity contribution in [3.8, 4) is 0 Å². The van der Waals surface area contributed by atoms with Crippen LogP contribution in [0.15, 0.2) is 60.7 Å². The van der Waals surface area contributed by atoms with Gasteiger partial charge in [-0.2, -0.15) is 0 Å². The first-order valence-electron chi connectivity index (χ1n) is 12.1. The lowest BCUT2D eigenvalue weighted by atomic mass is 9.49. The minimum Gasteiger partial charge on any atom is -0.316 e. The maximum atomic E-state index is 3.53. The van der Waals surface area contributed by atoms with Crippen molar-refractivity contribution < 1.29 is 0 Å². The molecule has 0 amide bonds. The summed E-state index contributed by atoms with van der Waals surface area (Å²) in [5.41, 5.74) is 3.53. The Morgan fingerprint density at radius 1 is 0.800 bits per heavy atom. The number of nitrogens with one attached hydrogen (secondary N) is 2. The first kappa shape index (κ1) is 23.0. The van der Waals surface area contributed by atoms with E-state index in [0.717, 1.165) is 49.9 Å². The molecule has 3 saturated carbocycles. The summed E-state index contributed by atoms with van der Waals surface area (Å²) in [7, 11) is 0. The third-order valence-electron chi connectivity index (χ3n) is 7.52. The van der Waals surface area contributed by atoms with Crippen LogP contribution in [0.2, 0.25) is 0 Å². The van der Waals surface area contributed by atoms with E-state index in [1.165, 1.54) is 30.4 Å². The molecule has 2 heteroatoms. The van der Waals surface area contributed by atoms with Gasteiger partial charge in [0.15, 0.2) is 0 Å². The maximum absolute atomic E-state index is 3.53. The third-order valence-corrected chi connectivity index (χ3v) is 7.52. The van der Waals surface area contributed by atoms with E-state index in [4.69, 9.17) is 0 Å². The summed E-state index contributed by atoms with van der Waals surface area (Å²) >= 11 is 0. The van der Waals surface area contributed by atoms with Crippen molar-refractivity contribution in [2.75, 3.05) is 26.2 Å². The van der Waals surface area contributed by atoms with Crippen molar-refractivity contribution in [1.29, 1.82) is 0 Å². The zero-order valence-corrected chi connectivity index (χ0v) is 19.4. The molecule has 0 aromatic heterocycles. The lowest BCUT2D eigenvalue weighted by Gasteiger charge is -2.56. The summed E-state index contributed by atoms with van der Waals surface area (Å²) in [5, 5.41) is 6.86. The second-order valence-corrected chi connectivity index (χ2v) is 9.65. The minimum absolute atomic E-state index is 0.471. The molecule has 0 radical (unpaired) electrons. The number of rotatable bonds is 9. The Morgan fingerprint density at radius 2 is 1.33 bits per heavy atom. The summed E-state index contributed by atoms with van der Waals surface area (Å²) in [6, 6.07) is 21.6. The monoisotopic (exact) mass is 406 g/mol. The molecule has 2 aromatic carbocycles. The summed E-state index contributed by atoms with van der Waals surface area (Å²) in [6.45, 7) is 11.2. The van der Waals surface area contributed by atoms with Gasteiger partial charge in [0.2, 0.25) is 0 Å². The average molecular weight is 407 g/mol. The zero-order chi connectivity index (χ0) is 21.2. The van der Waals surface area contributed by atoms with Crippen molar-refractivity contribution in [3.63, 3.8) is 0 Å². The lowest BCUT2D eigenvalue weighted by Crippen LogP contribution is -2.47. The second kappa shape index (κ2) is 11.7. The molecular weight excluding hydrogens is 364 g/mol. The Bertz CT molecular complexity index is 654. The Labute approximate surface area is 184 Å². The molecule has 0 saturated heterocycles. The summed E-state index contributed by atoms with van der Waals surface area (Å²) in [4.78, 5) is 0. The van der Waals surface area contributed by atoms with Gasteiger partial charge in [0.25, 0.3) is 0 Å². The molecule has 3 aliphatic carbocycles. The quantitative estimate of drug-likeness (QED) is 0.482. The van der Waals surface area contributed by atoms with Gasteiger partial charge in [0.05, 0.1) is 0 Å². The van der Waals surface area contributed by atoms with Gasteiger partial charge >= 0.3 is 0 Å². The van der Waals surface area contributed by atoms with E-state index in [9.17, 15) is 0 Å². The van der Waals surface area contributed by atoms with Crippen molar-refractivity contribution in [3.05, 3.63) is 71.8 Å². The van der Waals surface area contributed by atoms with E-state index >= 15 is 0 Å². The van der Waals surface area contributed by atoms with Crippen LogP contribution in [0.4, 0.5) is 0 Å². The van der Waals surface area contributed by atoms with Gasteiger partial charge in [0, 0.05) is 19.0 Å². The highest BCUT2D eigenvalue weighted by molar-refractivity contribution is 5.32. The topological polar surface area (TPSA) is 24.1 Å². The van der Waals surface area contributed by atoms with Crippen molar-refractivity contribution in [1.82, 2.24) is 10.6 Å². The van der Waals surface area contributed by atoms with E-state index in [0.29, 0.717) is 5.92 Å². The van der Waals surface area contributed by atoms with E-state index in [-0.39, 0.29) is 0 Å². The number of likely N-dealkylation sites (N-methyl/N-ethyl adjacent to an activating group) is 1. The molecule has 2 atom stereocenters. The van der Waals surface area contributed by atoms with Crippen LogP contribution in [0.1, 0.15) is 69.9 Å². The largest absolute Gasteiger partial charge is 0.316 e. The highest BCUT2D eigenvalue weighted by Gasteiger charge is 2.49. The molecule has 3 fully saturated rings. The molecule has 164 valence electrons. The van der Waals surface area contributed by atoms with Crippen LogP contribution < -0.4 is 10.6 Å². The van der Waals surface area contributed by atoms with Gasteiger partial charge in [-0.3, -0.25) is 0 Å². The average Bonchev–Trinajstić information content (AvgIpc) is 2.80. The van der Waals surface area contributed by atoms with Crippen LogP contribution in [0.5, 0.6) is 0 Å². The molecule has 3 aliphatic rings. The van der Waals surface area contributed by atoms with Gasteiger partial charge in [-0.15, -0.1) is 0 Å². The Hall–Kier alpha value is -1.64. The Morgan fingerprint density at radius 3 is 1.77 bits per heavy atom. The molecule has 0 unspecified atom stereocenters. The van der Waals surface area contributed by atoms with Gasteiger partial charge < -0.3 is 10.6 Å². The van der Waals surface area contributed by atoms with Crippen LogP contribution in [0.25, 0.3) is 0 Å². The smallest absolute Gasteiger partial charge is 0.0101 e. The van der Waals surface area contributed by atoms with Gasteiger partial charge in [0.1, 0.15) is 0 Å². The van der Waals surface area contributed by atoms with Crippen molar-refractivity contribution >= 4 is 0 Å². The van der Waals surface area contributed by atoms with Crippen molar-refractivity contribution in [2.24, 2.45) is 17.3 Å². The standard InChI is InChI=1S/C19H26N2.C9H16/c1-2-20-15-16-21-14-13-19(17-9-5-3-6-10-17)18-11-7-4-8-12-18;1-9(2)7-4-3-5-8(9)6-7/h3-12,19-21H,2,13-16H2,1H3;7-8H,3-6H2,1-2H3/t;7-,8+. The summed E-state index contributed by atoms with van der Waals surface area (Å²) < 4.78 is 0. The first-order valence-corrected chi connectivity index (χ1v) is 12.1. The minimum atomic E-state index is 0.471. The SMILES string of the molecule is CC1(C)[C@@H]2CCC[C@H]1C2.CCNCCNCCC(c1ccccc1)c1ccccc1. The normalized spacial score (nSPS) is 21.5. The fourth-order valence-corrected chi connectivity index (χ4v) is 5.34. The maximum Gasteiger partial charge on any atom is 0.0101 e. The number of fused-ring (bicyclic) bond motifs is 2. The van der Waals surface area contributed by atoms with E-state index < -0.39 is 0 Å². The molecule has 0 aliphatic heterocycles. The molecule has 0 heterocycles. The van der Waals surface area contributed by atoms with Crippen LogP contribution in [-0.4, -0.2) is 26.2 Å². The molecule has 2 N–H and O–H groups in total. The summed E-state index contributed by atoms with van der Waals surface area (Å²) in [6.07, 6.45) is 7.22. The first-order chi connectivity index (χ1) is 14.6. The predicted molar refractivity (Wildman–Crippen MR) is 130 cm³/mol. The molecule has 5 rings (SSSR count). The highest BCUT2D eigenvalue weighted by atomic mass is 14.9. The van der Waals surface area contributed by atoms with E-state index in [1.807, 2.05) is 0 Å². The highest BCUT2D eigenvalue weighted by Crippen LogP contribution is 2.58. The third kappa shape index (κ3) is 6.18. The van der Waals surface area contributed by atoms with Crippen LogP contribution in [0.3, 0.4) is 0 Å². The summed E-state index contributed by atoms with van der Waals surface area (Å²) in [5.74, 6) is 2.66. The fourth-order valence-electron chi connectivity index (χ4n) is 5.34. The molecule has 2 aromatic rings. The van der Waals surface area contributed by atoms with E-state index in [2.05, 4.69) is 92.1 Å². The zero-order valence-electron chi connectivity index (χ0n) is 19.4. The lowest BCUT2D eigenvalue weighted by molar-refractivity contribution is -0.0646. The van der Waals surface area contributed by atoms with Crippen molar-refractivity contribution in [2.45, 2.75) is 58.8 Å². The molecule has 2 nitrogen and oxygen atoms in total. The van der Waals surface area contributed by atoms with Gasteiger partial charge in [-0.1, -0.05) is 87.9 Å². The number of hydrogen-bond donors (Lipinski definition) is 2. The molecule has 0 spiro atoms. The Balaban J connectivity index is 0.000000234. The predicted octanol–water partition coefficient (Wildman–Crippen LogP) is 6.24. The number of benzene rings is 2. The molecular formula is C28H42N2. The second-order valence-electron chi connectivity index (χ2n) is 9.65.